The highest BCUT2D eigenvalue weighted by Gasteiger charge is 2.61. The third-order valence-corrected chi connectivity index (χ3v) is 9.89. The Hall–Kier alpha value is -3.34. The average molecular weight is 693 g/mol. The zero-order valence-electron chi connectivity index (χ0n) is 29.2. The summed E-state index contributed by atoms with van der Waals surface area (Å²) >= 11 is 0. The van der Waals surface area contributed by atoms with E-state index in [-0.39, 0.29) is 45.3 Å². The number of hydrogen-bond donors (Lipinski definition) is 4. The lowest BCUT2D eigenvalue weighted by Crippen LogP contribution is -2.58. The van der Waals surface area contributed by atoms with Gasteiger partial charge in [-0.3, -0.25) is 28.8 Å². The Labute approximate surface area is 280 Å². The molecule has 0 bridgehead atoms. The maximum absolute atomic E-state index is 12.5. The molecule has 0 radical (unpaired) electrons. The molecule has 2 saturated heterocycles. The van der Waals surface area contributed by atoms with Gasteiger partial charge in [0.1, 0.15) is 24.0 Å². The first-order valence-corrected chi connectivity index (χ1v) is 15.5. The van der Waals surface area contributed by atoms with Crippen LogP contribution in [0.25, 0.3) is 0 Å². The highest BCUT2D eigenvalue weighted by Crippen LogP contribution is 2.51. The molecule has 6 atom stereocenters. The van der Waals surface area contributed by atoms with Gasteiger partial charge in [0.25, 0.3) is 0 Å². The molecule has 1 spiro atoms. The number of aliphatic hydroxyl groups excluding tert-OH is 4. The van der Waals surface area contributed by atoms with Gasteiger partial charge in [-0.2, -0.15) is 0 Å². The molecular weight excluding hydrogens is 640 g/mol. The van der Waals surface area contributed by atoms with Gasteiger partial charge >= 0.3 is 35.8 Å². The molecule has 2 aliphatic rings. The molecule has 0 aliphatic carbocycles. The molecule has 4 N–H and O–H groups in total. The molecule has 2 aliphatic heterocycles. The molecule has 0 aromatic heterocycles. The maximum atomic E-state index is 12.5. The number of cyclic esters (lactones) is 2. The molecule has 16 nitrogen and oxygen atoms in total. The normalized spacial score (nSPS) is 27.3. The molecule has 0 saturated carbocycles. The predicted molar refractivity (Wildman–Crippen MR) is 163 cm³/mol. The van der Waals surface area contributed by atoms with Gasteiger partial charge in [0.2, 0.25) is 0 Å². The number of ether oxygens (including phenoxy) is 6. The van der Waals surface area contributed by atoms with Gasteiger partial charge < -0.3 is 48.8 Å². The van der Waals surface area contributed by atoms with Gasteiger partial charge in [0, 0.05) is 0 Å². The second kappa shape index (κ2) is 16.9. The van der Waals surface area contributed by atoms with E-state index in [2.05, 4.69) is 4.74 Å². The summed E-state index contributed by atoms with van der Waals surface area (Å²) in [6.45, 7) is 3.68. The summed E-state index contributed by atoms with van der Waals surface area (Å²) in [6, 6.07) is 0. The van der Waals surface area contributed by atoms with Crippen LogP contribution in [-0.2, 0) is 57.2 Å². The molecule has 0 aromatic rings. The summed E-state index contributed by atoms with van der Waals surface area (Å²) in [4.78, 5) is 73.3. The molecule has 16 heteroatoms. The summed E-state index contributed by atoms with van der Waals surface area (Å²) in [6.07, 6.45) is 0.139. The number of aliphatic hydroxyl groups is 4. The molecular formula is C32H52O16. The lowest BCUT2D eigenvalue weighted by Gasteiger charge is -2.48. The predicted octanol–water partition coefficient (Wildman–Crippen LogP) is 0.0862. The van der Waals surface area contributed by atoms with Crippen LogP contribution < -0.4 is 0 Å². The van der Waals surface area contributed by atoms with Crippen LogP contribution in [0.15, 0.2) is 0 Å². The summed E-state index contributed by atoms with van der Waals surface area (Å²) in [5.74, 6) is -3.89. The van der Waals surface area contributed by atoms with Crippen LogP contribution in [-0.4, -0.2) is 124 Å². The first-order valence-electron chi connectivity index (χ1n) is 15.5. The quantitative estimate of drug-likeness (QED) is 0.139. The van der Waals surface area contributed by atoms with Crippen molar-refractivity contribution in [3.63, 3.8) is 0 Å². The van der Waals surface area contributed by atoms with Crippen LogP contribution in [0.4, 0.5) is 0 Å². The van der Waals surface area contributed by atoms with Gasteiger partial charge in [-0.05, 0) is 52.4 Å². The minimum Gasteiger partial charge on any atom is -0.469 e. The SMILES string of the molecule is CCC(CO)(CC(CO)(CC(C)(CO)C(=O)OC)C(=O)OC)C(=O)OC.CCC1(C(=O)OC)COC(=O)C2(COC(=O)C(C)(CO)C2)C1. The standard InChI is InChI=1S/C17H30O9.C15H22O7/c1-6-16(10-19,13(22)25-4)8-17(11-20,14(23)26-5)7-15(2,9-18)12(21)24-3;1-4-14(11(18)20-3)6-15(12(19)22-8-14)5-13(2,7-16)10(17)21-9-15/h18-20H,6-11H2,1-5H3;16H,4-9H2,1-3H3. The van der Waals surface area contributed by atoms with Crippen LogP contribution >= 0.6 is 0 Å². The largest absolute Gasteiger partial charge is 0.469 e. The van der Waals surface area contributed by atoms with Crippen molar-refractivity contribution in [1.82, 2.24) is 0 Å². The molecule has 0 amide bonds. The fourth-order valence-electron chi connectivity index (χ4n) is 6.68. The smallest absolute Gasteiger partial charge is 0.315 e. The van der Waals surface area contributed by atoms with Crippen molar-refractivity contribution in [3.05, 3.63) is 0 Å². The highest BCUT2D eigenvalue weighted by molar-refractivity contribution is 5.87. The van der Waals surface area contributed by atoms with E-state index in [4.69, 9.17) is 23.7 Å². The van der Waals surface area contributed by atoms with Crippen LogP contribution in [0.2, 0.25) is 0 Å². The van der Waals surface area contributed by atoms with Crippen molar-refractivity contribution >= 4 is 35.8 Å². The minimum atomic E-state index is -1.74. The van der Waals surface area contributed by atoms with E-state index in [0.717, 1.165) is 21.3 Å². The zero-order chi connectivity index (χ0) is 37.2. The van der Waals surface area contributed by atoms with Gasteiger partial charge in [-0.15, -0.1) is 0 Å². The summed E-state index contributed by atoms with van der Waals surface area (Å²) in [5, 5.41) is 39.1. The van der Waals surface area contributed by atoms with Crippen molar-refractivity contribution in [1.29, 1.82) is 0 Å². The van der Waals surface area contributed by atoms with E-state index in [0.29, 0.717) is 6.42 Å². The van der Waals surface area contributed by atoms with Gasteiger partial charge in [-0.1, -0.05) is 13.8 Å². The fourth-order valence-corrected chi connectivity index (χ4v) is 6.68. The second-order valence-corrected chi connectivity index (χ2v) is 13.4. The van der Waals surface area contributed by atoms with E-state index in [1.54, 1.807) is 13.8 Å². The molecule has 276 valence electrons. The van der Waals surface area contributed by atoms with Crippen LogP contribution in [0, 0.1) is 32.5 Å². The van der Waals surface area contributed by atoms with E-state index in [1.807, 2.05) is 6.92 Å². The highest BCUT2D eigenvalue weighted by atomic mass is 16.6. The Kier molecular flexibility index (Phi) is 15.0. The molecule has 2 fully saturated rings. The van der Waals surface area contributed by atoms with Gasteiger partial charge in [0.05, 0.1) is 76.5 Å². The lowest BCUT2D eigenvalue weighted by molar-refractivity contribution is -0.207. The Balaban J connectivity index is 0.000000485. The van der Waals surface area contributed by atoms with Crippen molar-refractivity contribution in [3.8, 4) is 0 Å². The topological polar surface area (TPSA) is 239 Å². The van der Waals surface area contributed by atoms with Crippen molar-refractivity contribution in [2.75, 3.05) is 68.1 Å². The van der Waals surface area contributed by atoms with E-state index in [9.17, 15) is 49.2 Å². The number of rotatable bonds is 14. The second-order valence-electron chi connectivity index (χ2n) is 13.4. The number of methoxy groups -OCH3 is 4. The Morgan fingerprint density at radius 3 is 1.67 bits per heavy atom. The maximum Gasteiger partial charge on any atom is 0.315 e. The summed E-state index contributed by atoms with van der Waals surface area (Å²) in [7, 11) is 4.68. The first kappa shape index (κ1) is 42.7. The third kappa shape index (κ3) is 8.26. The van der Waals surface area contributed by atoms with E-state index < -0.39 is 94.7 Å². The fraction of sp³-hybridized carbons (Fsp3) is 0.812. The lowest BCUT2D eigenvalue weighted by atomic mass is 9.61. The summed E-state index contributed by atoms with van der Waals surface area (Å²) < 4.78 is 29.5. The Morgan fingerprint density at radius 2 is 1.25 bits per heavy atom. The molecule has 48 heavy (non-hydrogen) atoms. The number of hydrogen-bond acceptors (Lipinski definition) is 16. The Bertz CT molecular complexity index is 1180. The molecule has 6 unspecified atom stereocenters. The average Bonchev–Trinajstić information content (AvgIpc) is 3.11. The number of esters is 6. The molecule has 2 rings (SSSR count). The van der Waals surface area contributed by atoms with E-state index >= 15 is 0 Å². The van der Waals surface area contributed by atoms with Crippen LogP contribution in [0.3, 0.4) is 0 Å². The van der Waals surface area contributed by atoms with Crippen LogP contribution in [0.5, 0.6) is 0 Å². The van der Waals surface area contributed by atoms with Crippen molar-refractivity contribution in [2.24, 2.45) is 32.5 Å². The van der Waals surface area contributed by atoms with Crippen molar-refractivity contribution < 1.29 is 77.6 Å². The number of carbonyl (C=O) groups excluding carboxylic acids is 6. The van der Waals surface area contributed by atoms with Gasteiger partial charge in [0.15, 0.2) is 0 Å². The first-order chi connectivity index (χ1) is 22.4. The van der Waals surface area contributed by atoms with Crippen LogP contribution in [0.1, 0.15) is 66.2 Å². The monoisotopic (exact) mass is 692 g/mol. The van der Waals surface area contributed by atoms with Crippen molar-refractivity contribution in [2.45, 2.75) is 66.2 Å². The van der Waals surface area contributed by atoms with E-state index in [1.165, 1.54) is 14.0 Å². The number of carbonyl (C=O) groups is 6. The third-order valence-electron chi connectivity index (χ3n) is 9.89. The Morgan fingerprint density at radius 1 is 0.729 bits per heavy atom. The zero-order valence-corrected chi connectivity index (χ0v) is 29.2. The molecule has 0 aromatic carbocycles. The molecule has 2 heterocycles. The van der Waals surface area contributed by atoms with Gasteiger partial charge in [-0.25, -0.2) is 0 Å². The summed E-state index contributed by atoms with van der Waals surface area (Å²) in [5.41, 5.74) is -8.00. The minimum absolute atomic E-state index is 0.0411.